The molecule has 1 heterocycles. The first-order chi connectivity index (χ1) is 15.8. The minimum Gasteiger partial charge on any atom is -0.389 e. The molecule has 0 bridgehead atoms. The zero-order valence-corrected chi connectivity index (χ0v) is 19.2. The maximum absolute atomic E-state index is 12.8. The topological polar surface area (TPSA) is 115 Å². The van der Waals surface area contributed by atoms with Gasteiger partial charge in [-0.1, -0.05) is 41.4 Å². The van der Waals surface area contributed by atoms with Crippen LogP contribution in [0.1, 0.15) is 15.9 Å². The third kappa shape index (κ3) is 6.08. The molecule has 1 amide bonds. The third-order valence-electron chi connectivity index (χ3n) is 4.79. The number of hydrogen-bond donors (Lipinski definition) is 2. The number of carbonyl (C=O) groups is 1. The average Bonchev–Trinajstić information content (AvgIpc) is 2.78. The molecule has 0 fully saturated rings. The Morgan fingerprint density at radius 3 is 2.67 bits per heavy atom. The van der Waals surface area contributed by atoms with Crippen molar-refractivity contribution in [2.24, 2.45) is 0 Å². The Balaban J connectivity index is 1.82. The van der Waals surface area contributed by atoms with E-state index in [1.54, 1.807) is 6.07 Å². The first-order valence-electron chi connectivity index (χ1n) is 9.99. The molecule has 0 aliphatic heterocycles. The number of halogens is 2. The molecule has 174 valence electrons. The van der Waals surface area contributed by atoms with Crippen LogP contribution in [-0.4, -0.2) is 51.7 Å². The Morgan fingerprint density at radius 1 is 1.18 bits per heavy atom. The molecular weight excluding hydrogens is 471 g/mol. The minimum absolute atomic E-state index is 0.0480. The highest BCUT2D eigenvalue weighted by atomic mass is 35.5. The Hall–Kier alpha value is -2.98. The lowest BCUT2D eigenvalue weighted by atomic mass is 10.1. The Bertz CT molecular complexity index is 1260. The smallest absolute Gasteiger partial charge is 0.352 e. The van der Waals surface area contributed by atoms with E-state index in [-0.39, 0.29) is 29.4 Å². The van der Waals surface area contributed by atoms with Gasteiger partial charge in [0.15, 0.2) is 0 Å². The predicted octanol–water partition coefficient (Wildman–Crippen LogP) is 1.68. The number of benzene rings is 2. The van der Waals surface area contributed by atoms with Gasteiger partial charge in [0, 0.05) is 18.7 Å². The van der Waals surface area contributed by atoms with Crippen LogP contribution in [-0.2, 0) is 17.7 Å². The first-order valence-corrected chi connectivity index (χ1v) is 10.7. The van der Waals surface area contributed by atoms with Crippen molar-refractivity contribution in [3.8, 4) is 5.69 Å². The fourth-order valence-corrected chi connectivity index (χ4v) is 3.60. The quantitative estimate of drug-likeness (QED) is 0.469. The number of nitrogens with one attached hydrogen (secondary N) is 1. The number of hydrogen-bond acceptors (Lipinski definition) is 6. The van der Waals surface area contributed by atoms with Gasteiger partial charge in [-0.3, -0.25) is 14.2 Å². The van der Waals surface area contributed by atoms with Gasteiger partial charge in [0.25, 0.3) is 11.5 Å². The van der Waals surface area contributed by atoms with E-state index in [0.717, 1.165) is 21.0 Å². The number of rotatable bonds is 9. The monoisotopic (exact) mass is 492 g/mol. The van der Waals surface area contributed by atoms with Gasteiger partial charge in [-0.05, 0) is 36.2 Å². The van der Waals surface area contributed by atoms with Gasteiger partial charge in [-0.25, -0.2) is 4.79 Å². The lowest BCUT2D eigenvalue weighted by Crippen LogP contribution is -2.43. The van der Waals surface area contributed by atoms with Crippen LogP contribution in [0, 0.1) is 0 Å². The fourth-order valence-electron chi connectivity index (χ4n) is 3.16. The van der Waals surface area contributed by atoms with Gasteiger partial charge < -0.3 is 15.2 Å². The zero-order chi connectivity index (χ0) is 24.0. The van der Waals surface area contributed by atoms with Crippen LogP contribution < -0.4 is 16.6 Å². The molecule has 0 radical (unpaired) electrons. The highest BCUT2D eigenvalue weighted by Crippen LogP contribution is 2.19. The lowest BCUT2D eigenvalue weighted by molar-refractivity contribution is 0.0519. The predicted molar refractivity (Wildman–Crippen MR) is 124 cm³/mol. The molecule has 2 N–H and O–H groups in total. The van der Waals surface area contributed by atoms with Crippen LogP contribution >= 0.6 is 23.2 Å². The van der Waals surface area contributed by atoms with Crippen molar-refractivity contribution in [3.63, 3.8) is 0 Å². The minimum atomic E-state index is -1.05. The second-order valence-corrected chi connectivity index (χ2v) is 7.97. The zero-order valence-electron chi connectivity index (χ0n) is 17.7. The van der Waals surface area contributed by atoms with Crippen molar-refractivity contribution in [3.05, 3.63) is 90.7 Å². The van der Waals surface area contributed by atoms with E-state index in [4.69, 9.17) is 27.9 Å². The molecule has 0 spiro atoms. The van der Waals surface area contributed by atoms with Gasteiger partial charge in [-0.15, -0.1) is 0 Å². The maximum atomic E-state index is 12.8. The largest absolute Gasteiger partial charge is 0.389 e. The SMILES string of the molecule is COCC(O)Cn1c(=O)cnn(-c2ccc(Cl)c(C(=O)NCCc3ccccc3Cl)c2)c1=O. The van der Waals surface area contributed by atoms with Crippen LogP contribution in [0.25, 0.3) is 5.69 Å². The molecule has 11 heteroatoms. The van der Waals surface area contributed by atoms with Crippen molar-refractivity contribution in [2.45, 2.75) is 19.1 Å². The molecule has 0 saturated heterocycles. The van der Waals surface area contributed by atoms with E-state index in [1.165, 1.54) is 25.3 Å². The summed E-state index contributed by atoms with van der Waals surface area (Å²) in [5.74, 6) is -0.439. The number of aliphatic hydroxyl groups excluding tert-OH is 1. The van der Waals surface area contributed by atoms with E-state index in [0.29, 0.717) is 18.0 Å². The standard InChI is InChI=1S/C22H22Cl2N4O5/c1-33-13-16(29)12-27-20(30)11-26-28(22(27)32)15-6-7-19(24)17(10-15)21(31)25-9-8-14-4-2-3-5-18(14)23/h2-7,10-11,16,29H,8-9,12-13H2,1H3,(H,25,31). The molecular formula is C22H22Cl2N4O5. The molecule has 0 saturated carbocycles. The number of ether oxygens (including phenoxy) is 1. The van der Waals surface area contributed by atoms with Crippen LogP contribution in [0.5, 0.6) is 0 Å². The van der Waals surface area contributed by atoms with Gasteiger partial charge >= 0.3 is 5.69 Å². The third-order valence-corrected chi connectivity index (χ3v) is 5.49. The second-order valence-electron chi connectivity index (χ2n) is 7.16. The van der Waals surface area contributed by atoms with E-state index in [2.05, 4.69) is 10.4 Å². The molecule has 3 rings (SSSR count). The summed E-state index contributed by atoms with van der Waals surface area (Å²) in [6, 6.07) is 11.7. The summed E-state index contributed by atoms with van der Waals surface area (Å²) in [5.41, 5.74) is -0.175. The molecule has 0 aliphatic rings. The number of amides is 1. The molecule has 3 aromatic rings. The molecule has 1 atom stereocenters. The molecule has 2 aromatic carbocycles. The van der Waals surface area contributed by atoms with E-state index >= 15 is 0 Å². The van der Waals surface area contributed by atoms with Gasteiger partial charge in [0.1, 0.15) is 6.20 Å². The summed E-state index contributed by atoms with van der Waals surface area (Å²) in [7, 11) is 1.39. The average molecular weight is 493 g/mol. The summed E-state index contributed by atoms with van der Waals surface area (Å²) in [5, 5.41) is 17.4. The summed E-state index contributed by atoms with van der Waals surface area (Å²) in [4.78, 5) is 37.6. The van der Waals surface area contributed by atoms with Crippen LogP contribution in [0.15, 0.2) is 58.3 Å². The summed E-state index contributed by atoms with van der Waals surface area (Å²) >= 11 is 12.3. The van der Waals surface area contributed by atoms with Gasteiger partial charge in [-0.2, -0.15) is 9.78 Å². The maximum Gasteiger partial charge on any atom is 0.352 e. The van der Waals surface area contributed by atoms with Crippen LogP contribution in [0.2, 0.25) is 10.0 Å². The summed E-state index contributed by atoms with van der Waals surface area (Å²) < 4.78 is 6.63. The number of aliphatic hydroxyl groups is 1. The second kappa shape index (κ2) is 11.2. The molecule has 0 aliphatic carbocycles. The fraction of sp³-hybridized carbons (Fsp3) is 0.273. The molecule has 1 aromatic heterocycles. The number of methoxy groups -OCH3 is 1. The van der Waals surface area contributed by atoms with Crippen molar-refractivity contribution in [1.29, 1.82) is 0 Å². The summed E-state index contributed by atoms with van der Waals surface area (Å²) in [6.45, 7) is 0.00819. The van der Waals surface area contributed by atoms with Crippen LogP contribution in [0.4, 0.5) is 0 Å². The lowest BCUT2D eigenvalue weighted by Gasteiger charge is -2.13. The van der Waals surface area contributed by atoms with E-state index in [9.17, 15) is 19.5 Å². The number of nitrogens with zero attached hydrogens (tertiary/aromatic N) is 3. The highest BCUT2D eigenvalue weighted by Gasteiger charge is 2.16. The van der Waals surface area contributed by atoms with Crippen molar-refractivity contribution in [2.75, 3.05) is 20.3 Å². The van der Waals surface area contributed by atoms with Crippen molar-refractivity contribution < 1.29 is 14.6 Å². The van der Waals surface area contributed by atoms with Crippen molar-refractivity contribution in [1.82, 2.24) is 19.7 Å². The Morgan fingerprint density at radius 2 is 1.94 bits per heavy atom. The Labute approximate surface area is 199 Å². The Kier molecular flexibility index (Phi) is 8.40. The van der Waals surface area contributed by atoms with Gasteiger partial charge in [0.2, 0.25) is 0 Å². The normalized spacial score (nSPS) is 11.9. The molecule has 33 heavy (non-hydrogen) atoms. The first kappa shape index (κ1) is 24.7. The van der Waals surface area contributed by atoms with Gasteiger partial charge in [0.05, 0.1) is 35.5 Å². The molecule has 9 nitrogen and oxygen atoms in total. The van der Waals surface area contributed by atoms with E-state index in [1.807, 2.05) is 18.2 Å². The number of carbonyl (C=O) groups excluding carboxylic acids is 1. The van der Waals surface area contributed by atoms with Crippen LogP contribution in [0.3, 0.4) is 0 Å². The van der Waals surface area contributed by atoms with Crippen molar-refractivity contribution >= 4 is 29.1 Å². The molecule has 1 unspecified atom stereocenters. The summed E-state index contributed by atoms with van der Waals surface area (Å²) in [6.07, 6.45) is 0.429. The highest BCUT2D eigenvalue weighted by molar-refractivity contribution is 6.34. The van der Waals surface area contributed by atoms with E-state index < -0.39 is 23.3 Å². The number of aromatic nitrogens is 3.